The van der Waals surface area contributed by atoms with Crippen LogP contribution in [-0.4, -0.2) is 25.0 Å². The van der Waals surface area contributed by atoms with Crippen molar-refractivity contribution in [1.82, 2.24) is 25.0 Å². The fourth-order valence-corrected chi connectivity index (χ4v) is 1.94. The summed E-state index contributed by atoms with van der Waals surface area (Å²) in [5.74, 6) is 0. The van der Waals surface area contributed by atoms with E-state index in [1.807, 2.05) is 0 Å². The average molecular weight is 355 g/mol. The van der Waals surface area contributed by atoms with Crippen LogP contribution in [0.15, 0.2) is 47.8 Å². The number of benzene rings is 1. The molecule has 2 aromatic heterocycles. The van der Waals surface area contributed by atoms with Crippen molar-refractivity contribution >= 4 is 28.6 Å². The molecule has 0 fully saturated rings. The maximum absolute atomic E-state index is 11.4. The van der Waals surface area contributed by atoms with Gasteiger partial charge in [-0.25, -0.2) is 9.67 Å². The number of aromatic amines is 1. The molecule has 0 aliphatic heterocycles. The van der Waals surface area contributed by atoms with Gasteiger partial charge in [0.1, 0.15) is 0 Å². The first-order chi connectivity index (χ1) is 9.24. The molecule has 6 nitrogen and oxygen atoms in total. The molecule has 1 aromatic carbocycles. The van der Waals surface area contributed by atoms with Crippen molar-refractivity contribution in [2.45, 2.75) is 0 Å². The van der Waals surface area contributed by atoms with Crippen molar-refractivity contribution < 1.29 is 0 Å². The van der Waals surface area contributed by atoms with Crippen molar-refractivity contribution in [3.63, 3.8) is 0 Å². The Morgan fingerprint density at radius 3 is 2.80 bits per heavy atom. The molecule has 0 bridgehead atoms. The van der Waals surface area contributed by atoms with Gasteiger partial charge in [0, 0.05) is 16.7 Å². The molecule has 0 unspecified atom stereocenters. The Bertz CT molecular complexity index is 772. The van der Waals surface area contributed by atoms with E-state index >= 15 is 0 Å². The molecule has 0 radical (unpaired) electrons. The van der Waals surface area contributed by atoms with E-state index in [0.29, 0.717) is 16.3 Å². The van der Waals surface area contributed by atoms with E-state index < -0.39 is 0 Å². The molecule has 0 saturated heterocycles. The number of aromatic nitrogens is 5. The van der Waals surface area contributed by atoms with E-state index in [-0.39, 0.29) is 22.5 Å². The molecule has 0 spiro atoms. The molecule has 0 amide bonds. The van der Waals surface area contributed by atoms with Crippen LogP contribution in [0.3, 0.4) is 0 Å². The van der Waals surface area contributed by atoms with Gasteiger partial charge >= 0.3 is 0 Å². The van der Waals surface area contributed by atoms with E-state index in [0.717, 1.165) is 5.69 Å². The zero-order valence-electron chi connectivity index (χ0n) is 10.0. The standard InChI is InChI=1S/C12H8ClN5O.BrH/c13-8-1-2-11(18-4-3-16-17-18)9(5-8)10-6-12(19)15-7-14-10;/h1-7H,(H,14,15,19);1H. The molecule has 0 aliphatic carbocycles. The molecular formula is C12H9BrClN5O. The van der Waals surface area contributed by atoms with Gasteiger partial charge in [-0.15, -0.1) is 22.1 Å². The number of hydrogen-bond acceptors (Lipinski definition) is 4. The first-order valence-electron chi connectivity index (χ1n) is 5.45. The Hall–Kier alpha value is -1.99. The van der Waals surface area contributed by atoms with Gasteiger partial charge in [0.05, 0.1) is 30.1 Å². The van der Waals surface area contributed by atoms with Gasteiger partial charge in [0.25, 0.3) is 5.56 Å². The maximum atomic E-state index is 11.4. The third kappa shape index (κ3) is 2.78. The zero-order chi connectivity index (χ0) is 13.2. The normalized spacial score (nSPS) is 10.1. The summed E-state index contributed by atoms with van der Waals surface area (Å²) in [5.41, 5.74) is 1.76. The highest BCUT2D eigenvalue weighted by molar-refractivity contribution is 8.93. The largest absolute Gasteiger partial charge is 0.313 e. The smallest absolute Gasteiger partial charge is 0.251 e. The Morgan fingerprint density at radius 1 is 1.25 bits per heavy atom. The Morgan fingerprint density at radius 2 is 2.10 bits per heavy atom. The lowest BCUT2D eigenvalue weighted by Gasteiger charge is -2.08. The van der Waals surface area contributed by atoms with Gasteiger partial charge in [-0.1, -0.05) is 16.8 Å². The molecule has 0 atom stereocenters. The Labute approximate surface area is 129 Å². The monoisotopic (exact) mass is 353 g/mol. The van der Waals surface area contributed by atoms with Crippen LogP contribution in [0.1, 0.15) is 0 Å². The van der Waals surface area contributed by atoms with Gasteiger partial charge in [-0.2, -0.15) is 0 Å². The minimum Gasteiger partial charge on any atom is -0.313 e. The fourth-order valence-electron chi connectivity index (χ4n) is 1.77. The highest BCUT2D eigenvalue weighted by atomic mass is 79.9. The quantitative estimate of drug-likeness (QED) is 0.766. The lowest BCUT2D eigenvalue weighted by molar-refractivity contribution is 0.804. The summed E-state index contributed by atoms with van der Waals surface area (Å²) in [5, 5.41) is 8.26. The van der Waals surface area contributed by atoms with Crippen LogP contribution >= 0.6 is 28.6 Å². The van der Waals surface area contributed by atoms with Crippen LogP contribution in [0, 0.1) is 0 Å². The molecule has 3 aromatic rings. The molecule has 0 saturated carbocycles. The van der Waals surface area contributed by atoms with Gasteiger partial charge in [0.15, 0.2) is 0 Å². The predicted octanol–water partition coefficient (Wildman–Crippen LogP) is 2.25. The molecule has 3 rings (SSSR count). The zero-order valence-corrected chi connectivity index (χ0v) is 12.5. The van der Waals surface area contributed by atoms with Crippen LogP contribution < -0.4 is 5.56 Å². The first kappa shape index (κ1) is 14.4. The third-order valence-corrected chi connectivity index (χ3v) is 2.82. The summed E-state index contributed by atoms with van der Waals surface area (Å²) in [6, 6.07) is 6.69. The van der Waals surface area contributed by atoms with Gasteiger partial charge in [-0.05, 0) is 18.2 Å². The Balaban J connectivity index is 0.00000147. The predicted molar refractivity (Wildman–Crippen MR) is 80.5 cm³/mol. The summed E-state index contributed by atoms with van der Waals surface area (Å²) in [7, 11) is 0. The van der Waals surface area contributed by atoms with E-state index in [4.69, 9.17) is 11.6 Å². The number of hydrogen-bond donors (Lipinski definition) is 1. The van der Waals surface area contributed by atoms with Gasteiger partial charge in [-0.3, -0.25) is 4.79 Å². The van der Waals surface area contributed by atoms with Crippen LogP contribution in [0.4, 0.5) is 0 Å². The fraction of sp³-hybridized carbons (Fsp3) is 0. The van der Waals surface area contributed by atoms with Gasteiger partial charge in [0.2, 0.25) is 0 Å². The van der Waals surface area contributed by atoms with E-state index in [9.17, 15) is 4.79 Å². The second-order valence-electron chi connectivity index (χ2n) is 3.81. The maximum Gasteiger partial charge on any atom is 0.251 e. The molecule has 20 heavy (non-hydrogen) atoms. The van der Waals surface area contributed by atoms with Crippen LogP contribution in [0.5, 0.6) is 0 Å². The molecule has 102 valence electrons. The number of nitrogens with zero attached hydrogens (tertiary/aromatic N) is 4. The van der Waals surface area contributed by atoms with Crippen molar-refractivity contribution in [2.24, 2.45) is 0 Å². The Kier molecular flexibility index (Phi) is 4.31. The highest BCUT2D eigenvalue weighted by Crippen LogP contribution is 2.26. The molecular weight excluding hydrogens is 346 g/mol. The minimum atomic E-state index is -0.227. The average Bonchev–Trinajstić information content (AvgIpc) is 2.92. The summed E-state index contributed by atoms with van der Waals surface area (Å²) in [6.45, 7) is 0. The SMILES string of the molecule is Br.O=c1cc(-c2cc(Cl)ccc2-n2ccnn2)nc[nH]1. The third-order valence-electron chi connectivity index (χ3n) is 2.58. The summed E-state index contributed by atoms with van der Waals surface area (Å²) >= 11 is 6.01. The second kappa shape index (κ2) is 5.98. The van der Waals surface area contributed by atoms with E-state index in [1.54, 1.807) is 35.3 Å². The summed E-state index contributed by atoms with van der Waals surface area (Å²) < 4.78 is 1.59. The van der Waals surface area contributed by atoms with Crippen LogP contribution in [-0.2, 0) is 0 Å². The lowest BCUT2D eigenvalue weighted by Crippen LogP contribution is -2.06. The number of nitrogens with one attached hydrogen (secondary N) is 1. The number of H-pyrrole nitrogens is 1. The summed E-state index contributed by atoms with van der Waals surface area (Å²) in [4.78, 5) is 18.0. The molecule has 2 heterocycles. The van der Waals surface area contributed by atoms with Crippen molar-refractivity contribution in [2.75, 3.05) is 0 Å². The lowest BCUT2D eigenvalue weighted by atomic mass is 10.1. The number of rotatable bonds is 2. The van der Waals surface area contributed by atoms with Crippen molar-refractivity contribution in [3.05, 3.63) is 58.4 Å². The van der Waals surface area contributed by atoms with Crippen molar-refractivity contribution in [3.8, 4) is 16.9 Å². The van der Waals surface area contributed by atoms with E-state index in [2.05, 4.69) is 20.3 Å². The summed E-state index contributed by atoms with van der Waals surface area (Å²) in [6.07, 6.45) is 4.63. The topological polar surface area (TPSA) is 76.5 Å². The second-order valence-corrected chi connectivity index (χ2v) is 4.24. The van der Waals surface area contributed by atoms with Gasteiger partial charge < -0.3 is 4.98 Å². The van der Waals surface area contributed by atoms with Crippen molar-refractivity contribution in [1.29, 1.82) is 0 Å². The minimum absolute atomic E-state index is 0. The highest BCUT2D eigenvalue weighted by Gasteiger charge is 2.10. The van der Waals surface area contributed by atoms with E-state index in [1.165, 1.54) is 12.4 Å². The number of halogens is 2. The molecule has 1 N–H and O–H groups in total. The molecule has 8 heteroatoms. The van der Waals surface area contributed by atoms with Crippen LogP contribution in [0.2, 0.25) is 5.02 Å². The van der Waals surface area contributed by atoms with Crippen LogP contribution in [0.25, 0.3) is 16.9 Å². The molecule has 0 aliphatic rings. The first-order valence-corrected chi connectivity index (χ1v) is 5.83.